The normalized spacial score (nSPS) is 9.64. The molecule has 0 fully saturated rings. The second kappa shape index (κ2) is 3.27. The molecule has 1 aromatic heterocycles. The molecule has 0 aliphatic rings. The fraction of sp³-hybridized carbons (Fsp3) is 0. The molecule has 0 spiro atoms. The molecular formula is C11H6O3. The van der Waals surface area contributed by atoms with Crippen molar-refractivity contribution < 1.29 is 13.9 Å². The van der Waals surface area contributed by atoms with E-state index in [4.69, 9.17) is 15.6 Å². The second-order valence-corrected chi connectivity index (χ2v) is 2.62. The summed E-state index contributed by atoms with van der Waals surface area (Å²) in [5, 5.41) is 0.733. The van der Waals surface area contributed by atoms with E-state index >= 15 is 0 Å². The van der Waals surface area contributed by atoms with Gasteiger partial charge in [-0.15, -0.1) is 6.42 Å². The highest BCUT2D eigenvalue weighted by atomic mass is 16.5. The van der Waals surface area contributed by atoms with Gasteiger partial charge in [0.1, 0.15) is 11.3 Å². The van der Waals surface area contributed by atoms with Crippen LogP contribution in [0.25, 0.3) is 11.0 Å². The van der Waals surface area contributed by atoms with E-state index < -0.39 is 5.97 Å². The van der Waals surface area contributed by atoms with Gasteiger partial charge in [-0.05, 0) is 18.2 Å². The maximum atomic E-state index is 10.9. The molecule has 2 aromatic rings. The zero-order valence-electron chi connectivity index (χ0n) is 7.19. The zero-order chi connectivity index (χ0) is 9.97. The molecule has 0 atom stereocenters. The van der Waals surface area contributed by atoms with Crippen molar-refractivity contribution in [1.29, 1.82) is 0 Å². The Morgan fingerprint density at radius 2 is 2.29 bits per heavy atom. The van der Waals surface area contributed by atoms with E-state index in [2.05, 4.69) is 0 Å². The third-order valence-corrected chi connectivity index (χ3v) is 1.78. The number of hydrogen-bond donors (Lipinski definition) is 0. The van der Waals surface area contributed by atoms with E-state index in [0.29, 0.717) is 11.3 Å². The van der Waals surface area contributed by atoms with E-state index in [1.807, 2.05) is 5.92 Å². The molecule has 0 unspecified atom stereocenters. The van der Waals surface area contributed by atoms with Crippen LogP contribution in [0.4, 0.5) is 0 Å². The van der Waals surface area contributed by atoms with Gasteiger partial charge in [0.05, 0.1) is 11.6 Å². The van der Waals surface area contributed by atoms with Crippen molar-refractivity contribution in [3.05, 3.63) is 30.5 Å². The molecule has 0 saturated carbocycles. The van der Waals surface area contributed by atoms with Crippen molar-refractivity contribution in [2.45, 2.75) is 0 Å². The van der Waals surface area contributed by atoms with Gasteiger partial charge in [0.2, 0.25) is 0 Å². The lowest BCUT2D eigenvalue weighted by atomic mass is 10.2. The summed E-state index contributed by atoms with van der Waals surface area (Å²) >= 11 is 0. The lowest BCUT2D eigenvalue weighted by molar-refractivity contribution is -0.127. The van der Waals surface area contributed by atoms with Crippen LogP contribution in [0, 0.1) is 12.3 Å². The van der Waals surface area contributed by atoms with Crippen molar-refractivity contribution in [2.24, 2.45) is 0 Å². The Morgan fingerprint density at radius 3 is 3.07 bits per heavy atom. The third kappa shape index (κ3) is 1.34. The van der Waals surface area contributed by atoms with Gasteiger partial charge in [0.15, 0.2) is 0 Å². The predicted octanol–water partition coefficient (Wildman–Crippen LogP) is 1.97. The number of carbonyl (C=O) groups excluding carboxylic acids is 1. The molecule has 0 radical (unpaired) electrons. The Bertz CT molecular complexity index is 517. The van der Waals surface area contributed by atoms with Crippen molar-refractivity contribution in [3.63, 3.8) is 0 Å². The smallest absolute Gasteiger partial charge is 0.389 e. The fourth-order valence-corrected chi connectivity index (χ4v) is 1.18. The third-order valence-electron chi connectivity index (χ3n) is 1.78. The summed E-state index contributed by atoms with van der Waals surface area (Å²) < 4.78 is 10.0. The molecule has 0 N–H and O–H groups in total. The first-order chi connectivity index (χ1) is 6.81. The van der Waals surface area contributed by atoms with Gasteiger partial charge in [-0.25, -0.2) is 4.79 Å². The van der Waals surface area contributed by atoms with Gasteiger partial charge < -0.3 is 9.15 Å². The monoisotopic (exact) mass is 186 g/mol. The van der Waals surface area contributed by atoms with E-state index in [-0.39, 0.29) is 0 Å². The summed E-state index contributed by atoms with van der Waals surface area (Å²) in [7, 11) is 0. The largest absolute Gasteiger partial charge is 0.464 e. The van der Waals surface area contributed by atoms with Crippen LogP contribution in [-0.2, 0) is 4.79 Å². The van der Waals surface area contributed by atoms with Gasteiger partial charge in [0, 0.05) is 5.92 Å². The van der Waals surface area contributed by atoms with Gasteiger partial charge in [-0.2, -0.15) is 0 Å². The molecule has 68 valence electrons. The number of benzene rings is 1. The number of ether oxygens (including phenoxy) is 1. The molecule has 1 aromatic carbocycles. The van der Waals surface area contributed by atoms with Crippen molar-refractivity contribution in [2.75, 3.05) is 0 Å². The zero-order valence-corrected chi connectivity index (χ0v) is 7.19. The van der Waals surface area contributed by atoms with Gasteiger partial charge in [-0.1, -0.05) is 6.07 Å². The molecule has 0 aliphatic heterocycles. The van der Waals surface area contributed by atoms with Gasteiger partial charge >= 0.3 is 5.97 Å². The summed E-state index contributed by atoms with van der Waals surface area (Å²) in [6.45, 7) is 0. The number of hydrogen-bond acceptors (Lipinski definition) is 3. The molecule has 0 aliphatic carbocycles. The Morgan fingerprint density at radius 1 is 1.43 bits per heavy atom. The standard InChI is InChI=1S/C11H6O3/c1-2-11(12)14-10-5-3-4-9-8(10)6-7-13-9/h1,3-7H. The molecular weight excluding hydrogens is 180 g/mol. The fourth-order valence-electron chi connectivity index (χ4n) is 1.18. The molecule has 14 heavy (non-hydrogen) atoms. The number of furan rings is 1. The molecule has 0 amide bonds. The highest BCUT2D eigenvalue weighted by Gasteiger charge is 2.06. The van der Waals surface area contributed by atoms with Crippen LogP contribution in [-0.4, -0.2) is 5.97 Å². The Kier molecular flexibility index (Phi) is 1.96. The van der Waals surface area contributed by atoms with Crippen LogP contribution in [0.15, 0.2) is 34.9 Å². The maximum Gasteiger partial charge on any atom is 0.389 e. The van der Waals surface area contributed by atoms with E-state index in [9.17, 15) is 4.79 Å². The Labute approximate surface area is 80.3 Å². The lowest BCUT2D eigenvalue weighted by Crippen LogP contribution is -2.03. The number of esters is 1. The van der Waals surface area contributed by atoms with Crippen LogP contribution in [0.3, 0.4) is 0 Å². The van der Waals surface area contributed by atoms with Crippen molar-refractivity contribution >= 4 is 16.9 Å². The van der Waals surface area contributed by atoms with Crippen molar-refractivity contribution in [3.8, 4) is 18.1 Å². The Hall–Kier alpha value is -2.21. The second-order valence-electron chi connectivity index (χ2n) is 2.62. The van der Waals surface area contributed by atoms with Crippen LogP contribution < -0.4 is 4.74 Å². The quantitative estimate of drug-likeness (QED) is 0.296. The van der Waals surface area contributed by atoms with E-state index in [1.54, 1.807) is 24.3 Å². The highest BCUT2D eigenvalue weighted by molar-refractivity contribution is 5.93. The molecule has 1 heterocycles. The Balaban J connectivity index is 2.47. The number of fused-ring (bicyclic) bond motifs is 1. The van der Waals surface area contributed by atoms with E-state index in [0.717, 1.165) is 5.39 Å². The van der Waals surface area contributed by atoms with Crippen LogP contribution in [0.2, 0.25) is 0 Å². The maximum absolute atomic E-state index is 10.9. The van der Waals surface area contributed by atoms with Crippen LogP contribution >= 0.6 is 0 Å². The molecule has 2 rings (SSSR count). The molecule has 0 saturated heterocycles. The van der Waals surface area contributed by atoms with Crippen molar-refractivity contribution in [1.82, 2.24) is 0 Å². The summed E-state index contributed by atoms with van der Waals surface area (Å²) in [5.74, 6) is 1.58. The summed E-state index contributed by atoms with van der Waals surface area (Å²) in [6.07, 6.45) is 6.42. The minimum absolute atomic E-state index is 0.416. The number of rotatable bonds is 1. The summed E-state index contributed by atoms with van der Waals surface area (Å²) in [5.41, 5.74) is 0.660. The first-order valence-corrected chi connectivity index (χ1v) is 3.96. The molecule has 3 nitrogen and oxygen atoms in total. The average Bonchev–Trinajstić information content (AvgIpc) is 2.66. The number of carbonyl (C=O) groups is 1. The molecule has 0 bridgehead atoms. The molecule has 3 heteroatoms. The first kappa shape index (κ1) is 8.39. The topological polar surface area (TPSA) is 39.4 Å². The minimum atomic E-state index is -0.710. The minimum Gasteiger partial charge on any atom is -0.464 e. The first-order valence-electron chi connectivity index (χ1n) is 3.96. The predicted molar refractivity (Wildman–Crippen MR) is 50.7 cm³/mol. The van der Waals surface area contributed by atoms with Gasteiger partial charge in [-0.3, -0.25) is 0 Å². The van der Waals surface area contributed by atoms with Gasteiger partial charge in [0.25, 0.3) is 0 Å². The number of terminal acetylenes is 1. The highest BCUT2D eigenvalue weighted by Crippen LogP contribution is 2.26. The van der Waals surface area contributed by atoms with Crippen LogP contribution in [0.5, 0.6) is 5.75 Å². The van der Waals surface area contributed by atoms with Crippen LogP contribution in [0.1, 0.15) is 0 Å². The lowest BCUT2D eigenvalue weighted by Gasteiger charge is -1.99. The summed E-state index contributed by atoms with van der Waals surface area (Å²) in [4.78, 5) is 10.9. The summed E-state index contributed by atoms with van der Waals surface area (Å²) in [6, 6.07) is 6.88. The SMILES string of the molecule is C#CC(=O)Oc1cccc2occc12. The average molecular weight is 186 g/mol. The van der Waals surface area contributed by atoms with E-state index in [1.165, 1.54) is 6.26 Å².